The van der Waals surface area contributed by atoms with Gasteiger partial charge in [-0.25, -0.2) is 0 Å². The molecule has 64 heavy (non-hydrogen) atoms. The van der Waals surface area contributed by atoms with Crippen LogP contribution in [-0.4, -0.2) is 41.5 Å². The molecule has 1 unspecified atom stereocenters. The summed E-state index contributed by atoms with van der Waals surface area (Å²) in [5.41, 5.74) is 2.60. The molecule has 0 radical (unpaired) electrons. The van der Waals surface area contributed by atoms with E-state index in [1.807, 2.05) is 0 Å². The van der Waals surface area contributed by atoms with Crippen molar-refractivity contribution in [1.82, 2.24) is 4.72 Å². The maximum atomic E-state index is 11.2. The van der Waals surface area contributed by atoms with Gasteiger partial charge in [-0.2, -0.15) is 0 Å². The number of nitrogens with one attached hydrogen (secondary N) is 1. The van der Waals surface area contributed by atoms with Crippen LogP contribution in [0.2, 0.25) is 0 Å². The lowest BCUT2D eigenvalue weighted by Gasteiger charge is -2.22. The van der Waals surface area contributed by atoms with Gasteiger partial charge in [-0.3, -0.25) is 4.57 Å². The second kappa shape index (κ2) is 41.8. The van der Waals surface area contributed by atoms with Gasteiger partial charge in [-0.05, 0) is 68.2 Å². The number of rotatable bonds is 48. The second-order valence-electron chi connectivity index (χ2n) is 19.3. The van der Waals surface area contributed by atoms with E-state index in [0.717, 1.165) is 87.2 Å². The predicted octanol–water partition coefficient (Wildman–Crippen LogP) is 17.8. The Hall–Kier alpha value is -1.34. The van der Waals surface area contributed by atoms with Crippen molar-refractivity contribution in [2.24, 2.45) is 5.92 Å². The smallest absolute Gasteiger partial charge is 0.325 e. The number of allylic oxidation sites excluding steroid dienone is 1. The van der Waals surface area contributed by atoms with Crippen LogP contribution in [0.4, 0.5) is 0 Å². The first-order valence-electron chi connectivity index (χ1n) is 27.6. The Kier molecular flexibility index (Phi) is 38.4. The zero-order chi connectivity index (χ0) is 46.0. The molecule has 1 aromatic carbocycles. The minimum Gasteiger partial charge on any atom is -0.490 e. The topological polar surface area (TPSA) is 97.3 Å². The number of hydrogen-bond donors (Lipinski definition) is 3. The highest BCUT2D eigenvalue weighted by Crippen LogP contribution is 2.41. The van der Waals surface area contributed by atoms with Gasteiger partial charge in [-0.15, -0.1) is 0 Å². The summed E-state index contributed by atoms with van der Waals surface area (Å²) in [6.07, 6.45) is 49.4. The maximum absolute atomic E-state index is 11.2. The molecule has 1 heterocycles. The third kappa shape index (κ3) is 33.2. The van der Waals surface area contributed by atoms with Crippen LogP contribution in [0.3, 0.4) is 0 Å². The Morgan fingerprint density at radius 1 is 0.516 bits per heavy atom. The predicted molar refractivity (Wildman–Crippen MR) is 279 cm³/mol. The first kappa shape index (κ1) is 58.8. The standard InChI is InChI=1S/C55H102NO6PS/c1-4-7-10-13-16-19-22-26-31-36-42-60-53-48-50(47-51(52-41-46-64-56-52)40-35-30-25-29-34-39-45-63(57,58)59)49-54(61-43-37-32-27-23-20-17-14-11-8-5-2)55(53)62-44-38-33-28-24-21-18-15-12-9-6-3/h41,48-49,51,56H,4-40,42-47H2,1-3H3,(H2,57,58,59). The van der Waals surface area contributed by atoms with Crippen LogP contribution in [0, 0.1) is 5.92 Å². The second-order valence-corrected chi connectivity index (χ2v) is 21.9. The van der Waals surface area contributed by atoms with Gasteiger partial charge in [0, 0.05) is 23.5 Å². The van der Waals surface area contributed by atoms with Crippen LogP contribution in [0.25, 0.3) is 0 Å². The van der Waals surface area contributed by atoms with Crippen molar-refractivity contribution in [3.8, 4) is 17.2 Å². The first-order valence-corrected chi connectivity index (χ1v) is 30.3. The molecule has 0 spiro atoms. The van der Waals surface area contributed by atoms with Crippen LogP contribution in [-0.2, 0) is 11.0 Å². The van der Waals surface area contributed by atoms with E-state index >= 15 is 0 Å². The van der Waals surface area contributed by atoms with Gasteiger partial charge in [0.2, 0.25) is 5.75 Å². The summed E-state index contributed by atoms with van der Waals surface area (Å²) in [6, 6.07) is 4.54. The van der Waals surface area contributed by atoms with E-state index in [1.165, 1.54) is 185 Å². The molecule has 0 aromatic heterocycles. The minimum absolute atomic E-state index is 0.00557. The van der Waals surface area contributed by atoms with E-state index in [-0.39, 0.29) is 6.16 Å². The summed E-state index contributed by atoms with van der Waals surface area (Å²) < 4.78 is 35.1. The highest BCUT2D eigenvalue weighted by atomic mass is 32.2. The molecular formula is C55H102NO6PS. The summed E-state index contributed by atoms with van der Waals surface area (Å²) in [7, 11) is -3.89. The van der Waals surface area contributed by atoms with Gasteiger partial charge in [-0.1, -0.05) is 232 Å². The first-order chi connectivity index (χ1) is 31.4. The SMILES string of the molecule is CCCCCCCCCCCCOc1cc(CC(CCCCCCCCP(=O)(O)O)C2=CCSN2)cc(OCCCCCCCCCCCC)c1OCCCCCCCCCCCC. The van der Waals surface area contributed by atoms with Gasteiger partial charge in [0.05, 0.1) is 19.8 Å². The molecule has 0 saturated carbocycles. The summed E-state index contributed by atoms with van der Waals surface area (Å²) in [5.74, 6) is 3.90. The van der Waals surface area contributed by atoms with Crippen molar-refractivity contribution < 1.29 is 28.6 Å². The molecule has 1 aliphatic heterocycles. The number of ether oxygens (including phenoxy) is 3. The summed E-state index contributed by atoms with van der Waals surface area (Å²) >= 11 is 1.78. The molecule has 1 atom stereocenters. The van der Waals surface area contributed by atoms with Gasteiger partial charge >= 0.3 is 7.60 Å². The fourth-order valence-corrected chi connectivity index (χ4v) is 10.4. The Balaban J connectivity index is 2.14. The zero-order valence-corrected chi connectivity index (χ0v) is 43.8. The Morgan fingerprint density at radius 3 is 1.25 bits per heavy atom. The number of hydrogen-bond acceptors (Lipinski definition) is 6. The van der Waals surface area contributed by atoms with Crippen molar-refractivity contribution in [3.05, 3.63) is 29.5 Å². The molecule has 0 bridgehead atoms. The van der Waals surface area contributed by atoms with Gasteiger partial charge in [0.25, 0.3) is 0 Å². The van der Waals surface area contributed by atoms with Crippen molar-refractivity contribution in [1.29, 1.82) is 0 Å². The van der Waals surface area contributed by atoms with Gasteiger partial charge < -0.3 is 28.7 Å². The zero-order valence-electron chi connectivity index (χ0n) is 42.1. The van der Waals surface area contributed by atoms with Gasteiger partial charge in [0.15, 0.2) is 11.5 Å². The Bertz CT molecular complexity index is 1240. The summed E-state index contributed by atoms with van der Waals surface area (Å²) in [6.45, 7) is 8.96. The molecule has 2 rings (SSSR count). The minimum atomic E-state index is -3.89. The quantitative estimate of drug-likeness (QED) is 0.0338. The molecule has 3 N–H and O–H groups in total. The molecule has 0 fully saturated rings. The van der Waals surface area contributed by atoms with Crippen LogP contribution >= 0.6 is 19.5 Å². The maximum Gasteiger partial charge on any atom is 0.325 e. The van der Waals surface area contributed by atoms with E-state index in [9.17, 15) is 14.4 Å². The van der Waals surface area contributed by atoms with Crippen LogP contribution in [0.5, 0.6) is 17.2 Å². The molecule has 374 valence electrons. The molecule has 9 heteroatoms. The molecule has 1 aliphatic rings. The lowest BCUT2D eigenvalue weighted by atomic mass is 9.90. The third-order valence-corrected chi connectivity index (χ3v) is 14.7. The van der Waals surface area contributed by atoms with Crippen molar-refractivity contribution in [2.45, 2.75) is 265 Å². The molecular weight excluding hydrogens is 834 g/mol. The Morgan fingerprint density at radius 2 is 0.875 bits per heavy atom. The normalized spacial score (nSPS) is 13.3. The monoisotopic (exact) mass is 936 g/mol. The molecule has 7 nitrogen and oxygen atoms in total. The van der Waals surface area contributed by atoms with E-state index in [1.54, 1.807) is 11.9 Å². The summed E-state index contributed by atoms with van der Waals surface area (Å²) in [4.78, 5) is 18.4. The average Bonchev–Trinajstić information content (AvgIpc) is 3.82. The highest BCUT2D eigenvalue weighted by Gasteiger charge is 2.22. The highest BCUT2D eigenvalue weighted by molar-refractivity contribution is 7.97. The van der Waals surface area contributed by atoms with E-state index in [4.69, 9.17) is 14.2 Å². The van der Waals surface area contributed by atoms with Crippen LogP contribution in [0.15, 0.2) is 23.9 Å². The van der Waals surface area contributed by atoms with Crippen LogP contribution < -0.4 is 18.9 Å². The van der Waals surface area contributed by atoms with Crippen molar-refractivity contribution in [3.63, 3.8) is 0 Å². The summed E-state index contributed by atoms with van der Waals surface area (Å²) in [5, 5.41) is 0. The van der Waals surface area contributed by atoms with Gasteiger partial charge in [0.1, 0.15) is 0 Å². The van der Waals surface area contributed by atoms with E-state index < -0.39 is 7.60 Å². The van der Waals surface area contributed by atoms with Crippen molar-refractivity contribution in [2.75, 3.05) is 31.7 Å². The fraction of sp³-hybridized carbons (Fsp3) is 0.855. The molecule has 0 saturated heterocycles. The van der Waals surface area contributed by atoms with Crippen LogP contribution in [0.1, 0.15) is 264 Å². The lowest BCUT2D eigenvalue weighted by Crippen LogP contribution is -2.15. The number of unbranched alkanes of at least 4 members (excludes halogenated alkanes) is 32. The number of benzene rings is 1. The van der Waals surface area contributed by atoms with Crippen molar-refractivity contribution >= 4 is 19.5 Å². The fourth-order valence-electron chi connectivity index (χ4n) is 9.03. The Labute approximate surface area is 400 Å². The van der Waals surface area contributed by atoms with E-state index in [2.05, 4.69) is 43.7 Å². The lowest BCUT2D eigenvalue weighted by molar-refractivity contribution is 0.233. The molecule has 1 aromatic rings. The molecule has 0 aliphatic carbocycles. The largest absolute Gasteiger partial charge is 0.490 e. The third-order valence-electron chi connectivity index (χ3n) is 13.1. The average molecular weight is 936 g/mol. The van der Waals surface area contributed by atoms with E-state index in [0.29, 0.717) is 32.2 Å². The molecule has 0 amide bonds.